The second-order valence-corrected chi connectivity index (χ2v) is 9.68. The molecule has 0 aliphatic carbocycles. The van der Waals surface area contributed by atoms with Crippen molar-refractivity contribution in [2.75, 3.05) is 10.0 Å². The molecule has 0 aliphatic rings. The number of aryl methyl sites for hydroxylation is 1. The van der Waals surface area contributed by atoms with Crippen LogP contribution in [0.4, 0.5) is 11.4 Å². The van der Waals surface area contributed by atoms with Crippen LogP contribution < -0.4 is 15.4 Å². The molecule has 0 saturated heterocycles. The summed E-state index contributed by atoms with van der Waals surface area (Å²) in [6.45, 7) is 5.51. The third-order valence-electron chi connectivity index (χ3n) is 5.06. The summed E-state index contributed by atoms with van der Waals surface area (Å²) in [4.78, 5) is 25.8. The second-order valence-electron chi connectivity index (χ2n) is 8.00. The lowest BCUT2D eigenvalue weighted by Crippen LogP contribution is -2.47. The summed E-state index contributed by atoms with van der Waals surface area (Å²) >= 11 is 0. The molecule has 8 heteroatoms. The molecule has 2 amide bonds. The lowest BCUT2D eigenvalue weighted by Gasteiger charge is -2.22. The number of anilines is 2. The third kappa shape index (κ3) is 6.20. The Morgan fingerprint density at radius 2 is 1.45 bits per heavy atom. The van der Waals surface area contributed by atoms with Gasteiger partial charge in [0.15, 0.2) is 0 Å². The summed E-state index contributed by atoms with van der Waals surface area (Å²) in [6.07, 6.45) is 0. The molecule has 3 rings (SSSR count). The average molecular weight is 466 g/mol. The molecule has 0 spiro atoms. The number of hydrogen-bond donors (Lipinski definition) is 3. The number of sulfonamides is 1. The van der Waals surface area contributed by atoms with Crippen LogP contribution in [0.25, 0.3) is 0 Å². The Bertz CT molecular complexity index is 1240. The van der Waals surface area contributed by atoms with Gasteiger partial charge in [0.1, 0.15) is 6.04 Å². The van der Waals surface area contributed by atoms with Crippen molar-refractivity contribution >= 4 is 33.2 Å². The van der Waals surface area contributed by atoms with Gasteiger partial charge in [-0.15, -0.1) is 0 Å². The largest absolute Gasteiger partial charge is 0.340 e. The van der Waals surface area contributed by atoms with Gasteiger partial charge in [-0.1, -0.05) is 56.3 Å². The van der Waals surface area contributed by atoms with Crippen LogP contribution in [0.3, 0.4) is 0 Å². The zero-order valence-electron chi connectivity index (χ0n) is 18.7. The number of carbonyl (C=O) groups is 2. The molecule has 0 heterocycles. The number of amides is 2. The first kappa shape index (κ1) is 24.0. The molecular weight excluding hydrogens is 438 g/mol. The molecule has 0 radical (unpaired) electrons. The lowest BCUT2D eigenvalue weighted by atomic mass is 10.0. The Hall–Kier alpha value is -3.65. The van der Waals surface area contributed by atoms with Crippen LogP contribution in [0.5, 0.6) is 0 Å². The van der Waals surface area contributed by atoms with Gasteiger partial charge in [-0.25, -0.2) is 8.42 Å². The molecule has 0 fully saturated rings. The predicted octanol–water partition coefficient (Wildman–Crippen LogP) is 4.19. The Morgan fingerprint density at radius 1 is 0.818 bits per heavy atom. The molecule has 1 unspecified atom stereocenters. The van der Waals surface area contributed by atoms with Crippen LogP contribution in [-0.2, 0) is 14.8 Å². The van der Waals surface area contributed by atoms with Crippen molar-refractivity contribution in [1.29, 1.82) is 0 Å². The van der Waals surface area contributed by atoms with E-state index in [2.05, 4.69) is 15.4 Å². The summed E-state index contributed by atoms with van der Waals surface area (Å²) in [5, 5.41) is 5.58. The van der Waals surface area contributed by atoms with E-state index in [-0.39, 0.29) is 16.7 Å². The van der Waals surface area contributed by atoms with E-state index < -0.39 is 22.0 Å². The summed E-state index contributed by atoms with van der Waals surface area (Å²) in [5.41, 5.74) is 2.04. The topological polar surface area (TPSA) is 104 Å². The van der Waals surface area contributed by atoms with E-state index >= 15 is 0 Å². The van der Waals surface area contributed by atoms with E-state index in [1.165, 1.54) is 18.2 Å². The SMILES string of the molecule is Cc1ccccc1C(=O)NC(C(=O)Nc1cccc(NS(=O)(=O)c2ccccc2)c1)C(C)C. The van der Waals surface area contributed by atoms with Crippen molar-refractivity contribution in [2.24, 2.45) is 5.92 Å². The van der Waals surface area contributed by atoms with E-state index in [1.807, 2.05) is 32.9 Å². The maximum atomic E-state index is 13.0. The van der Waals surface area contributed by atoms with E-state index in [9.17, 15) is 18.0 Å². The van der Waals surface area contributed by atoms with Crippen LogP contribution in [0.1, 0.15) is 29.8 Å². The van der Waals surface area contributed by atoms with Gasteiger partial charge in [0.25, 0.3) is 15.9 Å². The van der Waals surface area contributed by atoms with Crippen LogP contribution in [-0.4, -0.2) is 26.3 Å². The van der Waals surface area contributed by atoms with Crippen molar-refractivity contribution in [3.63, 3.8) is 0 Å². The monoisotopic (exact) mass is 465 g/mol. The van der Waals surface area contributed by atoms with Gasteiger partial charge in [-0.2, -0.15) is 0 Å². The number of benzene rings is 3. The van der Waals surface area contributed by atoms with E-state index in [0.29, 0.717) is 16.9 Å². The molecule has 7 nitrogen and oxygen atoms in total. The normalized spacial score (nSPS) is 12.1. The minimum absolute atomic E-state index is 0.137. The fraction of sp³-hybridized carbons (Fsp3) is 0.200. The van der Waals surface area contributed by atoms with Crippen LogP contribution in [0.15, 0.2) is 83.8 Å². The van der Waals surface area contributed by atoms with Gasteiger partial charge in [0, 0.05) is 11.3 Å². The zero-order valence-corrected chi connectivity index (χ0v) is 19.5. The highest BCUT2D eigenvalue weighted by Gasteiger charge is 2.25. The fourth-order valence-corrected chi connectivity index (χ4v) is 4.35. The molecule has 0 aliphatic heterocycles. The summed E-state index contributed by atoms with van der Waals surface area (Å²) in [7, 11) is -3.76. The van der Waals surface area contributed by atoms with Gasteiger partial charge in [-0.3, -0.25) is 14.3 Å². The maximum Gasteiger partial charge on any atom is 0.261 e. The Kier molecular flexibility index (Phi) is 7.50. The molecule has 0 bridgehead atoms. The van der Waals surface area contributed by atoms with Crippen molar-refractivity contribution in [3.05, 3.63) is 90.0 Å². The van der Waals surface area contributed by atoms with Gasteiger partial charge in [0.2, 0.25) is 5.91 Å². The first-order valence-corrected chi connectivity index (χ1v) is 12.0. The molecule has 1 atom stereocenters. The summed E-state index contributed by atoms with van der Waals surface area (Å²) in [6, 6.07) is 20.8. The molecular formula is C25H27N3O4S. The molecule has 33 heavy (non-hydrogen) atoms. The van der Waals surface area contributed by atoms with Gasteiger partial charge in [-0.05, 0) is 54.8 Å². The highest BCUT2D eigenvalue weighted by atomic mass is 32.2. The number of rotatable bonds is 8. The van der Waals surface area contributed by atoms with E-state index in [4.69, 9.17) is 0 Å². The Balaban J connectivity index is 1.73. The Morgan fingerprint density at radius 3 is 2.12 bits per heavy atom. The molecule has 3 aromatic rings. The van der Waals surface area contributed by atoms with Crippen molar-refractivity contribution in [2.45, 2.75) is 31.7 Å². The van der Waals surface area contributed by atoms with Crippen LogP contribution in [0, 0.1) is 12.8 Å². The van der Waals surface area contributed by atoms with Crippen LogP contribution >= 0.6 is 0 Å². The molecule has 0 saturated carbocycles. The van der Waals surface area contributed by atoms with Gasteiger partial charge >= 0.3 is 0 Å². The first-order chi connectivity index (χ1) is 15.7. The van der Waals surface area contributed by atoms with Gasteiger partial charge in [0.05, 0.1) is 10.6 Å². The second kappa shape index (κ2) is 10.3. The quantitative estimate of drug-likeness (QED) is 0.464. The Labute approximate surface area is 194 Å². The minimum Gasteiger partial charge on any atom is -0.340 e. The minimum atomic E-state index is -3.76. The molecule has 0 aromatic heterocycles. The smallest absolute Gasteiger partial charge is 0.261 e. The van der Waals surface area contributed by atoms with E-state index in [0.717, 1.165) is 5.56 Å². The maximum absolute atomic E-state index is 13.0. The van der Waals surface area contributed by atoms with Crippen molar-refractivity contribution in [3.8, 4) is 0 Å². The lowest BCUT2D eigenvalue weighted by molar-refractivity contribution is -0.118. The van der Waals surface area contributed by atoms with E-state index in [1.54, 1.807) is 48.5 Å². The first-order valence-electron chi connectivity index (χ1n) is 10.5. The predicted molar refractivity (Wildman–Crippen MR) is 130 cm³/mol. The number of nitrogens with one attached hydrogen (secondary N) is 3. The summed E-state index contributed by atoms with van der Waals surface area (Å²) < 4.78 is 27.7. The van der Waals surface area contributed by atoms with Crippen molar-refractivity contribution in [1.82, 2.24) is 5.32 Å². The van der Waals surface area contributed by atoms with Crippen LogP contribution in [0.2, 0.25) is 0 Å². The van der Waals surface area contributed by atoms with Crippen molar-refractivity contribution < 1.29 is 18.0 Å². The highest BCUT2D eigenvalue weighted by Crippen LogP contribution is 2.20. The van der Waals surface area contributed by atoms with Gasteiger partial charge < -0.3 is 10.6 Å². The average Bonchev–Trinajstić information content (AvgIpc) is 2.78. The fourth-order valence-electron chi connectivity index (χ4n) is 3.28. The number of hydrogen-bond acceptors (Lipinski definition) is 4. The standard InChI is InChI=1S/C25H27N3O4S/c1-17(2)23(27-24(29)22-15-8-7-10-18(22)3)25(30)26-19-11-9-12-20(16-19)28-33(31,32)21-13-5-4-6-14-21/h4-17,23,28H,1-3H3,(H,26,30)(H,27,29). The molecule has 3 aromatic carbocycles. The molecule has 172 valence electrons. The third-order valence-corrected chi connectivity index (χ3v) is 6.46. The number of carbonyl (C=O) groups excluding carboxylic acids is 2. The molecule has 3 N–H and O–H groups in total. The highest BCUT2D eigenvalue weighted by molar-refractivity contribution is 7.92. The zero-order chi connectivity index (χ0) is 24.0. The summed E-state index contributed by atoms with van der Waals surface area (Å²) in [5.74, 6) is -0.890.